The van der Waals surface area contributed by atoms with E-state index in [-0.39, 0.29) is 33.6 Å². The molecule has 0 aliphatic heterocycles. The zero-order valence-corrected chi connectivity index (χ0v) is 28.5. The van der Waals surface area contributed by atoms with Crippen LogP contribution in [0, 0.1) is 0 Å². The molecule has 0 aliphatic rings. The fraction of sp³-hybridized carbons (Fsp3) is 0.300. The summed E-state index contributed by atoms with van der Waals surface area (Å²) in [6, 6.07) is 23.3. The Labute approximate surface area is 306 Å². The third-order valence-corrected chi connectivity index (χ3v) is 7.00. The average molecular weight is 718 g/mol. The predicted molar refractivity (Wildman–Crippen MR) is 200 cm³/mol. The largest absolute Gasteiger partial charge is 0.467 e. The van der Waals surface area contributed by atoms with Crippen molar-refractivity contribution in [1.29, 1.82) is 0 Å². The van der Waals surface area contributed by atoms with Crippen LogP contribution in [0.25, 0.3) is 0 Å². The lowest BCUT2D eigenvalue weighted by Gasteiger charge is -2.16. The molecule has 12 heteroatoms. The first-order valence-corrected chi connectivity index (χ1v) is 15.7. The zero-order valence-electron chi connectivity index (χ0n) is 28.5. The van der Waals surface area contributed by atoms with E-state index in [0.29, 0.717) is 23.1 Å². The van der Waals surface area contributed by atoms with Crippen molar-refractivity contribution in [3.05, 3.63) is 132 Å². The average Bonchev–Trinajstić information content (AvgIpc) is 3.17. The molecular formula is C40H51N3O9. The van der Waals surface area contributed by atoms with Crippen LogP contribution in [-0.2, 0) is 28.6 Å². The molecular weight excluding hydrogens is 666 g/mol. The number of methoxy groups -OCH3 is 3. The fourth-order valence-corrected chi connectivity index (χ4v) is 4.30. The van der Waals surface area contributed by atoms with E-state index in [1.165, 1.54) is 21.3 Å². The maximum atomic E-state index is 12.3. The molecule has 52 heavy (non-hydrogen) atoms. The number of carbonyl (C=O) groups is 6. The Morgan fingerprint density at radius 1 is 0.481 bits per heavy atom. The molecule has 0 saturated heterocycles. The molecule has 3 atom stereocenters. The first-order chi connectivity index (χ1) is 24.1. The summed E-state index contributed by atoms with van der Waals surface area (Å²) in [5.74, 6) is -2.73. The number of ether oxygens (including phenoxy) is 3. The molecule has 3 aromatic rings. The first-order valence-electron chi connectivity index (χ1n) is 15.7. The Hall–Kier alpha value is -6.04. The monoisotopic (exact) mass is 717 g/mol. The van der Waals surface area contributed by atoms with Crippen LogP contribution < -0.4 is 16.0 Å². The summed E-state index contributed by atoms with van der Waals surface area (Å²) in [5, 5.41) is 7.92. The molecule has 280 valence electrons. The zero-order chi connectivity index (χ0) is 36.7. The van der Waals surface area contributed by atoms with Crippen molar-refractivity contribution in [1.82, 2.24) is 16.0 Å². The van der Waals surface area contributed by atoms with E-state index in [2.05, 4.69) is 20.7 Å². The van der Waals surface area contributed by atoms with Crippen molar-refractivity contribution >= 4 is 35.6 Å². The van der Waals surface area contributed by atoms with Crippen LogP contribution in [-0.4, -0.2) is 75.1 Å². The van der Waals surface area contributed by atoms with Gasteiger partial charge in [-0.2, -0.15) is 0 Å². The molecule has 0 aliphatic carbocycles. The summed E-state index contributed by atoms with van der Waals surface area (Å²) in [4.78, 5) is 72.2. The van der Waals surface area contributed by atoms with Crippen molar-refractivity contribution in [3.8, 4) is 0 Å². The minimum atomic E-state index is -0.903. The van der Waals surface area contributed by atoms with Crippen LogP contribution in [0.15, 0.2) is 115 Å². The summed E-state index contributed by atoms with van der Waals surface area (Å²) >= 11 is 0. The standard InChI is InChI=1S/C24H26N2O6.C14H17NO3.2CH4/c1-31-23(29)19(25-21(27)17-11-5-3-6-12-17)15-9-10-16-20(24(30)32-2)26-22(28)18-13-7-4-8-14-18;1-3-4-10-12(14(17)18-2)15-13(16)11-8-6-5-7-9-11;;/h3-14,19-20H,15-16H2,1-2H3,(H,25,27)(H,26,28);3-9,12H,10H2,1-2H3,(H,15,16);2*1H4/t19-,20?;12-;;/m00../s1. The quantitative estimate of drug-likeness (QED) is 0.105. The maximum absolute atomic E-state index is 12.3. The summed E-state index contributed by atoms with van der Waals surface area (Å²) < 4.78 is 14.2. The molecule has 0 radical (unpaired) electrons. The molecule has 0 spiro atoms. The molecule has 12 nitrogen and oxygen atoms in total. The van der Waals surface area contributed by atoms with E-state index in [0.717, 1.165) is 0 Å². The summed E-state index contributed by atoms with van der Waals surface area (Å²) in [6.45, 7) is 1.85. The number of carbonyl (C=O) groups excluding carboxylic acids is 6. The number of hydrogen-bond acceptors (Lipinski definition) is 9. The van der Waals surface area contributed by atoms with Gasteiger partial charge in [-0.05, 0) is 62.6 Å². The fourth-order valence-electron chi connectivity index (χ4n) is 4.30. The van der Waals surface area contributed by atoms with Gasteiger partial charge in [-0.25, -0.2) is 14.4 Å². The van der Waals surface area contributed by atoms with Gasteiger partial charge in [0.1, 0.15) is 18.1 Å². The second-order valence-electron chi connectivity index (χ2n) is 10.5. The Morgan fingerprint density at radius 2 is 0.731 bits per heavy atom. The molecule has 0 fully saturated rings. The minimum absolute atomic E-state index is 0. The minimum Gasteiger partial charge on any atom is -0.467 e. The molecule has 3 amide bonds. The molecule has 0 aromatic heterocycles. The van der Waals surface area contributed by atoms with Gasteiger partial charge in [0.15, 0.2) is 0 Å². The highest BCUT2D eigenvalue weighted by atomic mass is 16.5. The predicted octanol–water partition coefficient (Wildman–Crippen LogP) is 5.46. The second-order valence-corrected chi connectivity index (χ2v) is 10.5. The van der Waals surface area contributed by atoms with Crippen molar-refractivity contribution in [2.24, 2.45) is 0 Å². The van der Waals surface area contributed by atoms with E-state index >= 15 is 0 Å². The molecule has 0 bridgehead atoms. The third kappa shape index (κ3) is 16.1. The SMILES string of the molecule is C.C.CC=CC[C@H](NC(=O)c1ccccc1)C(=O)OC.COC(=O)C(CC=CC[C@H](NC(=O)c1ccccc1)C(=O)OC)NC(=O)c1ccccc1. The molecule has 1 unspecified atom stereocenters. The van der Waals surface area contributed by atoms with Crippen LogP contribution in [0.5, 0.6) is 0 Å². The van der Waals surface area contributed by atoms with E-state index in [4.69, 9.17) is 9.47 Å². The number of rotatable bonds is 15. The van der Waals surface area contributed by atoms with Gasteiger partial charge in [-0.1, -0.05) is 93.8 Å². The molecule has 0 heterocycles. The highest BCUT2D eigenvalue weighted by molar-refractivity contribution is 5.98. The van der Waals surface area contributed by atoms with Crippen LogP contribution in [0.3, 0.4) is 0 Å². The topological polar surface area (TPSA) is 166 Å². The van der Waals surface area contributed by atoms with E-state index in [1.54, 1.807) is 97.1 Å². The maximum Gasteiger partial charge on any atom is 0.328 e. The Morgan fingerprint density at radius 3 is 0.962 bits per heavy atom. The Bertz CT molecular complexity index is 1520. The van der Waals surface area contributed by atoms with Crippen LogP contribution in [0.4, 0.5) is 0 Å². The lowest BCUT2D eigenvalue weighted by molar-refractivity contribution is -0.143. The van der Waals surface area contributed by atoms with Crippen molar-refractivity contribution in [2.75, 3.05) is 21.3 Å². The van der Waals surface area contributed by atoms with Gasteiger partial charge in [0, 0.05) is 16.7 Å². The van der Waals surface area contributed by atoms with Gasteiger partial charge >= 0.3 is 17.9 Å². The van der Waals surface area contributed by atoms with E-state index in [1.807, 2.05) is 25.1 Å². The van der Waals surface area contributed by atoms with Gasteiger partial charge in [0.2, 0.25) is 0 Å². The van der Waals surface area contributed by atoms with Crippen LogP contribution in [0.1, 0.15) is 72.1 Å². The molecule has 3 N–H and O–H groups in total. The van der Waals surface area contributed by atoms with Crippen molar-refractivity contribution < 1.29 is 43.0 Å². The lowest BCUT2D eigenvalue weighted by Crippen LogP contribution is -2.41. The highest BCUT2D eigenvalue weighted by Gasteiger charge is 2.23. The van der Waals surface area contributed by atoms with Gasteiger partial charge in [0.05, 0.1) is 21.3 Å². The normalized spacial score (nSPS) is 11.8. The van der Waals surface area contributed by atoms with Crippen molar-refractivity contribution in [2.45, 2.75) is 59.2 Å². The highest BCUT2D eigenvalue weighted by Crippen LogP contribution is 2.07. The third-order valence-electron chi connectivity index (χ3n) is 7.00. The lowest BCUT2D eigenvalue weighted by atomic mass is 10.1. The number of allylic oxidation sites excluding steroid dienone is 1. The van der Waals surface area contributed by atoms with E-state index < -0.39 is 47.8 Å². The smallest absolute Gasteiger partial charge is 0.328 e. The van der Waals surface area contributed by atoms with Crippen molar-refractivity contribution in [3.63, 3.8) is 0 Å². The first kappa shape index (κ1) is 46.0. The van der Waals surface area contributed by atoms with E-state index in [9.17, 15) is 28.8 Å². The molecule has 0 saturated carbocycles. The van der Waals surface area contributed by atoms with Crippen LogP contribution >= 0.6 is 0 Å². The summed E-state index contributed by atoms with van der Waals surface area (Å²) in [7, 11) is 3.78. The number of hydrogen-bond donors (Lipinski definition) is 3. The summed E-state index contributed by atoms with van der Waals surface area (Å²) in [5.41, 5.74) is 1.35. The second kappa shape index (κ2) is 25.9. The number of nitrogens with one attached hydrogen (secondary N) is 3. The van der Waals surface area contributed by atoms with Crippen LogP contribution in [0.2, 0.25) is 0 Å². The van der Waals surface area contributed by atoms with Gasteiger partial charge in [0.25, 0.3) is 17.7 Å². The Kier molecular flexibility index (Phi) is 22.9. The Balaban J connectivity index is 0.00000111. The number of amides is 3. The van der Waals surface area contributed by atoms with Gasteiger partial charge in [-0.15, -0.1) is 0 Å². The van der Waals surface area contributed by atoms with Gasteiger partial charge in [-0.3, -0.25) is 14.4 Å². The molecule has 3 aromatic carbocycles. The number of esters is 3. The number of benzene rings is 3. The summed E-state index contributed by atoms with van der Waals surface area (Å²) in [6.07, 6.45) is 7.62. The molecule has 3 rings (SSSR count). The van der Waals surface area contributed by atoms with Gasteiger partial charge < -0.3 is 30.2 Å².